The van der Waals surface area contributed by atoms with Gasteiger partial charge in [-0.3, -0.25) is 4.79 Å². The minimum Gasteiger partial charge on any atom is -0.272 e. The molecule has 0 atom stereocenters. The van der Waals surface area contributed by atoms with Crippen molar-refractivity contribution >= 4 is 22.1 Å². The maximum absolute atomic E-state index is 12.2. The summed E-state index contributed by atoms with van der Waals surface area (Å²) in [7, 11) is -3.51. The first-order valence-corrected chi connectivity index (χ1v) is 11.3. The second kappa shape index (κ2) is 9.80. The molecule has 6 nitrogen and oxygen atoms in total. The predicted octanol–water partition coefficient (Wildman–Crippen LogP) is 2.94. The number of carbonyl (C=O) groups excluding carboxylic acids is 1. The highest BCUT2D eigenvalue weighted by atomic mass is 32.2. The number of amides is 1. The summed E-state index contributed by atoms with van der Waals surface area (Å²) in [5.74, 6) is -0.481. The highest BCUT2D eigenvalue weighted by Gasteiger charge is 2.19. The topological polar surface area (TPSA) is 78.8 Å². The van der Waals surface area contributed by atoms with Gasteiger partial charge in [-0.1, -0.05) is 75.4 Å². The third kappa shape index (κ3) is 7.79. The lowest BCUT2D eigenvalue weighted by molar-refractivity contribution is -0.121. The molecule has 0 aliphatic rings. The second-order valence-electron chi connectivity index (χ2n) is 8.00. The van der Waals surface area contributed by atoms with Gasteiger partial charge in [0.05, 0.1) is 19.0 Å². The fourth-order valence-electron chi connectivity index (χ4n) is 2.70. The maximum atomic E-state index is 12.2. The van der Waals surface area contributed by atoms with Gasteiger partial charge in [0.1, 0.15) is 0 Å². The second-order valence-corrected chi connectivity index (χ2v) is 9.98. The van der Waals surface area contributed by atoms with E-state index in [4.69, 9.17) is 0 Å². The predicted molar refractivity (Wildman–Crippen MR) is 117 cm³/mol. The molecule has 0 heterocycles. The van der Waals surface area contributed by atoms with Crippen LogP contribution in [-0.4, -0.2) is 44.2 Å². The Morgan fingerprint density at radius 3 is 2.24 bits per heavy atom. The van der Waals surface area contributed by atoms with Crippen LogP contribution in [0.4, 0.5) is 0 Å². The van der Waals surface area contributed by atoms with E-state index in [0.717, 1.165) is 21.7 Å². The fourth-order valence-corrected chi connectivity index (χ4v) is 3.48. The molecule has 156 valence electrons. The highest BCUT2D eigenvalue weighted by molar-refractivity contribution is 7.88. The highest BCUT2D eigenvalue weighted by Crippen LogP contribution is 2.21. The van der Waals surface area contributed by atoms with Gasteiger partial charge >= 0.3 is 0 Å². The van der Waals surface area contributed by atoms with E-state index in [0.29, 0.717) is 6.42 Å². The Kier molecular flexibility index (Phi) is 7.70. The van der Waals surface area contributed by atoms with Gasteiger partial charge < -0.3 is 0 Å². The van der Waals surface area contributed by atoms with Crippen molar-refractivity contribution in [2.45, 2.75) is 32.6 Å². The van der Waals surface area contributed by atoms with Gasteiger partial charge in [0.2, 0.25) is 10.0 Å². The van der Waals surface area contributed by atoms with Crippen molar-refractivity contribution in [3.05, 3.63) is 71.3 Å². The average molecular weight is 416 g/mol. The lowest BCUT2D eigenvalue weighted by atomic mass is 9.87. The number of hydrogen-bond donors (Lipinski definition) is 1. The fraction of sp³-hybridized carbons (Fsp3) is 0.364. The molecule has 0 fully saturated rings. The van der Waals surface area contributed by atoms with Gasteiger partial charge in [-0.15, -0.1) is 0 Å². The van der Waals surface area contributed by atoms with E-state index in [-0.39, 0.29) is 18.5 Å². The van der Waals surface area contributed by atoms with Gasteiger partial charge in [-0.05, 0) is 28.5 Å². The Balaban J connectivity index is 1.91. The smallest absolute Gasteiger partial charge is 0.255 e. The number of sulfonamides is 1. The average Bonchev–Trinajstić information content (AvgIpc) is 2.65. The van der Waals surface area contributed by atoms with Crippen LogP contribution in [0, 0.1) is 0 Å². The zero-order valence-corrected chi connectivity index (χ0v) is 18.2. The van der Waals surface area contributed by atoms with Crippen molar-refractivity contribution in [2.24, 2.45) is 5.10 Å². The van der Waals surface area contributed by atoms with Crippen molar-refractivity contribution < 1.29 is 13.2 Å². The first kappa shape index (κ1) is 22.8. The van der Waals surface area contributed by atoms with Crippen molar-refractivity contribution in [1.29, 1.82) is 0 Å². The lowest BCUT2D eigenvalue weighted by Gasteiger charge is -2.19. The Morgan fingerprint density at radius 2 is 1.69 bits per heavy atom. The van der Waals surface area contributed by atoms with Crippen LogP contribution >= 0.6 is 0 Å². The van der Waals surface area contributed by atoms with E-state index in [2.05, 4.69) is 31.3 Å². The van der Waals surface area contributed by atoms with Crippen LogP contribution in [0.15, 0.2) is 59.7 Å². The van der Waals surface area contributed by atoms with E-state index < -0.39 is 15.9 Å². The summed E-state index contributed by atoms with van der Waals surface area (Å²) in [6, 6.07) is 17.5. The number of nitrogens with one attached hydrogen (secondary N) is 1. The van der Waals surface area contributed by atoms with Crippen LogP contribution in [0.5, 0.6) is 0 Å². The van der Waals surface area contributed by atoms with Gasteiger partial charge in [0.25, 0.3) is 5.91 Å². The van der Waals surface area contributed by atoms with Crippen molar-refractivity contribution in [3.63, 3.8) is 0 Å². The third-order valence-electron chi connectivity index (χ3n) is 4.46. The van der Waals surface area contributed by atoms with Crippen LogP contribution in [-0.2, 0) is 26.7 Å². The molecule has 2 aromatic rings. The van der Waals surface area contributed by atoms with Crippen molar-refractivity contribution in [1.82, 2.24) is 9.73 Å². The molecular weight excluding hydrogens is 386 g/mol. The number of benzene rings is 2. The minimum absolute atomic E-state index is 0.0682. The van der Waals surface area contributed by atoms with Gasteiger partial charge in [0.15, 0.2) is 0 Å². The summed E-state index contributed by atoms with van der Waals surface area (Å²) in [5, 5.41) is 3.94. The number of nitrogens with zero attached hydrogens (tertiary/aromatic N) is 2. The first-order valence-electron chi connectivity index (χ1n) is 9.47. The van der Waals surface area contributed by atoms with E-state index >= 15 is 0 Å². The molecule has 2 rings (SSSR count). The molecule has 0 aliphatic heterocycles. The molecule has 1 amide bonds. The van der Waals surface area contributed by atoms with Crippen LogP contribution in [0.3, 0.4) is 0 Å². The number of rotatable bonds is 8. The van der Waals surface area contributed by atoms with Crippen molar-refractivity contribution in [3.8, 4) is 0 Å². The summed E-state index contributed by atoms with van der Waals surface area (Å²) < 4.78 is 25.2. The monoisotopic (exact) mass is 415 g/mol. The largest absolute Gasteiger partial charge is 0.272 e. The molecule has 0 saturated carbocycles. The number of hydrogen-bond acceptors (Lipinski definition) is 4. The van der Waals surface area contributed by atoms with E-state index in [1.165, 1.54) is 5.56 Å². The summed E-state index contributed by atoms with van der Waals surface area (Å²) in [6.07, 6.45) is 3.18. The summed E-state index contributed by atoms with van der Waals surface area (Å²) in [4.78, 5) is 12.2. The molecule has 0 aliphatic carbocycles. The maximum Gasteiger partial charge on any atom is 0.255 e. The van der Waals surface area contributed by atoms with Crippen LogP contribution in [0.2, 0.25) is 0 Å². The zero-order chi connectivity index (χ0) is 21.5. The van der Waals surface area contributed by atoms with Crippen molar-refractivity contribution in [2.75, 3.05) is 19.3 Å². The molecule has 0 radical (unpaired) electrons. The lowest BCUT2D eigenvalue weighted by Crippen LogP contribution is -2.40. The van der Waals surface area contributed by atoms with Crippen LogP contribution < -0.4 is 5.43 Å². The van der Waals surface area contributed by atoms with E-state index in [1.807, 2.05) is 54.6 Å². The first-order chi connectivity index (χ1) is 13.6. The number of hydrazone groups is 1. The molecule has 0 spiro atoms. The standard InChI is InChI=1S/C22H29N3O3S/c1-22(2,3)20-12-10-19(11-13-20)16-23-24-21(26)17-25(29(4,27)28)15-14-18-8-6-5-7-9-18/h5-13,16H,14-15,17H2,1-4H3,(H,24,26)/b23-16+. The Morgan fingerprint density at radius 1 is 1.07 bits per heavy atom. The molecule has 2 aromatic carbocycles. The van der Waals surface area contributed by atoms with Gasteiger partial charge in [-0.25, -0.2) is 13.8 Å². The zero-order valence-electron chi connectivity index (χ0n) is 17.4. The Hall–Kier alpha value is -2.51. The summed E-state index contributed by atoms with van der Waals surface area (Å²) in [6.45, 7) is 6.38. The SMILES string of the molecule is CC(C)(C)c1ccc(/C=N/NC(=O)CN(CCc2ccccc2)S(C)(=O)=O)cc1. The Labute approximate surface area is 173 Å². The third-order valence-corrected chi connectivity index (χ3v) is 5.71. The quantitative estimate of drug-likeness (QED) is 0.532. The summed E-state index contributed by atoms with van der Waals surface area (Å²) in [5.41, 5.74) is 5.54. The molecule has 0 aromatic heterocycles. The van der Waals surface area contributed by atoms with Gasteiger partial charge in [-0.2, -0.15) is 9.41 Å². The summed E-state index contributed by atoms with van der Waals surface area (Å²) >= 11 is 0. The van der Waals surface area contributed by atoms with E-state index in [1.54, 1.807) is 6.21 Å². The minimum atomic E-state index is -3.51. The van der Waals surface area contributed by atoms with E-state index in [9.17, 15) is 13.2 Å². The molecule has 29 heavy (non-hydrogen) atoms. The van der Waals surface area contributed by atoms with Crippen LogP contribution in [0.1, 0.15) is 37.5 Å². The normalized spacial score (nSPS) is 12.4. The number of carbonyl (C=O) groups is 1. The molecular formula is C22H29N3O3S. The Bertz CT molecular complexity index is 932. The molecule has 1 N–H and O–H groups in total. The van der Waals surface area contributed by atoms with Gasteiger partial charge in [0, 0.05) is 6.54 Å². The van der Waals surface area contributed by atoms with Crippen LogP contribution in [0.25, 0.3) is 0 Å². The molecule has 7 heteroatoms. The molecule has 0 bridgehead atoms. The molecule has 0 saturated heterocycles. The molecule has 0 unspecified atom stereocenters.